The lowest BCUT2D eigenvalue weighted by Gasteiger charge is -2.17. The molecule has 1 fully saturated rings. The van der Waals surface area contributed by atoms with E-state index in [1.165, 1.54) is 24.7 Å². The number of carbonyl (C=O) groups is 1. The van der Waals surface area contributed by atoms with E-state index in [2.05, 4.69) is 27.5 Å². The molecule has 3 heterocycles. The summed E-state index contributed by atoms with van der Waals surface area (Å²) in [4.78, 5) is 26.2. The molecule has 0 radical (unpaired) electrons. The molecule has 3 aromatic rings. The fourth-order valence-corrected chi connectivity index (χ4v) is 3.05. The van der Waals surface area contributed by atoms with Gasteiger partial charge < -0.3 is 14.6 Å². The SMILES string of the molecule is CC(=O)N(C)c1cc(C2CC2)cn2cc(CNc3cc(Cl)ncn3)nc12. The second-order valence-corrected chi connectivity index (χ2v) is 6.94. The number of imidazole rings is 1. The molecule has 1 N–H and O–H groups in total. The highest BCUT2D eigenvalue weighted by Gasteiger charge is 2.26. The minimum atomic E-state index is -0.0156. The summed E-state index contributed by atoms with van der Waals surface area (Å²) in [6.45, 7) is 2.06. The standard InChI is InChI=1S/C18H19ClN6O/c1-11(26)24(2)15-5-13(12-3-4-12)8-25-9-14(23-18(15)25)7-20-17-6-16(19)21-10-22-17/h5-6,8-10,12H,3-4,7H2,1-2H3,(H,20,21,22). The number of hydrogen-bond acceptors (Lipinski definition) is 5. The number of carbonyl (C=O) groups excluding carboxylic acids is 1. The highest BCUT2D eigenvalue weighted by molar-refractivity contribution is 6.29. The van der Waals surface area contributed by atoms with Crippen molar-refractivity contribution in [3.63, 3.8) is 0 Å². The summed E-state index contributed by atoms with van der Waals surface area (Å²) in [6, 6.07) is 3.75. The zero-order valence-corrected chi connectivity index (χ0v) is 15.4. The van der Waals surface area contributed by atoms with Crippen molar-refractivity contribution < 1.29 is 4.79 Å². The van der Waals surface area contributed by atoms with E-state index < -0.39 is 0 Å². The third-order valence-corrected chi connectivity index (χ3v) is 4.78. The quantitative estimate of drug-likeness (QED) is 0.698. The fraction of sp³-hybridized carbons (Fsp3) is 0.333. The maximum atomic E-state index is 11.9. The molecule has 1 aliphatic rings. The molecule has 0 unspecified atom stereocenters. The topological polar surface area (TPSA) is 75.4 Å². The van der Waals surface area contributed by atoms with Crippen LogP contribution >= 0.6 is 11.6 Å². The Kier molecular flexibility index (Phi) is 4.24. The first-order chi connectivity index (χ1) is 12.5. The van der Waals surface area contributed by atoms with Crippen LogP contribution in [0.25, 0.3) is 5.65 Å². The van der Waals surface area contributed by atoms with Gasteiger partial charge in [-0.15, -0.1) is 0 Å². The normalized spacial score (nSPS) is 13.8. The lowest BCUT2D eigenvalue weighted by Crippen LogP contribution is -2.23. The predicted octanol–water partition coefficient (Wildman–Crippen LogP) is 3.25. The average molecular weight is 371 g/mol. The summed E-state index contributed by atoms with van der Waals surface area (Å²) in [5.74, 6) is 1.21. The summed E-state index contributed by atoms with van der Waals surface area (Å²) in [5, 5.41) is 3.58. The number of nitrogens with zero attached hydrogens (tertiary/aromatic N) is 5. The van der Waals surface area contributed by atoms with Crippen LogP contribution in [0.15, 0.2) is 30.9 Å². The summed E-state index contributed by atoms with van der Waals surface area (Å²) in [6.07, 6.45) is 7.91. The maximum Gasteiger partial charge on any atom is 0.223 e. The Morgan fingerprint density at radius 2 is 2.15 bits per heavy atom. The van der Waals surface area contributed by atoms with E-state index in [1.54, 1.807) is 24.9 Å². The van der Waals surface area contributed by atoms with Crippen molar-refractivity contribution in [1.29, 1.82) is 0 Å². The van der Waals surface area contributed by atoms with Crippen molar-refractivity contribution in [3.05, 3.63) is 47.3 Å². The van der Waals surface area contributed by atoms with Crippen LogP contribution in [0.5, 0.6) is 0 Å². The molecule has 1 amide bonds. The number of fused-ring (bicyclic) bond motifs is 1. The first-order valence-electron chi connectivity index (χ1n) is 8.48. The molecule has 0 aromatic carbocycles. The first-order valence-corrected chi connectivity index (χ1v) is 8.86. The second-order valence-electron chi connectivity index (χ2n) is 6.55. The molecule has 8 heteroatoms. The molecule has 7 nitrogen and oxygen atoms in total. The van der Waals surface area contributed by atoms with Crippen molar-refractivity contribution in [2.45, 2.75) is 32.2 Å². The van der Waals surface area contributed by atoms with E-state index in [9.17, 15) is 4.79 Å². The van der Waals surface area contributed by atoms with Gasteiger partial charge in [-0.25, -0.2) is 15.0 Å². The van der Waals surface area contributed by atoms with Gasteiger partial charge in [-0.05, 0) is 30.4 Å². The van der Waals surface area contributed by atoms with Crippen LogP contribution in [0.3, 0.4) is 0 Å². The van der Waals surface area contributed by atoms with Crippen LogP contribution in [-0.2, 0) is 11.3 Å². The molecule has 1 saturated carbocycles. The van der Waals surface area contributed by atoms with Crippen molar-refractivity contribution >= 4 is 34.7 Å². The molecule has 1 aliphatic carbocycles. The van der Waals surface area contributed by atoms with Crippen LogP contribution < -0.4 is 10.2 Å². The van der Waals surface area contributed by atoms with E-state index in [0.717, 1.165) is 17.0 Å². The number of pyridine rings is 1. The van der Waals surface area contributed by atoms with Gasteiger partial charge in [0.1, 0.15) is 17.3 Å². The summed E-state index contributed by atoms with van der Waals surface area (Å²) < 4.78 is 2.01. The molecular formula is C18H19ClN6O. The highest BCUT2D eigenvalue weighted by atomic mass is 35.5. The molecule has 0 saturated heterocycles. The molecule has 0 atom stereocenters. The Labute approximate surface area is 156 Å². The maximum absolute atomic E-state index is 11.9. The Balaban J connectivity index is 1.66. The number of halogens is 1. The Morgan fingerprint density at radius 3 is 2.85 bits per heavy atom. The monoisotopic (exact) mass is 370 g/mol. The predicted molar refractivity (Wildman–Crippen MR) is 101 cm³/mol. The van der Waals surface area contributed by atoms with E-state index in [1.807, 2.05) is 10.6 Å². The largest absolute Gasteiger partial charge is 0.364 e. The third-order valence-electron chi connectivity index (χ3n) is 4.57. The second kappa shape index (κ2) is 6.57. The van der Waals surface area contributed by atoms with Crippen molar-refractivity contribution in [3.8, 4) is 0 Å². The molecule has 0 spiro atoms. The van der Waals surface area contributed by atoms with Gasteiger partial charge >= 0.3 is 0 Å². The number of amides is 1. The molecule has 134 valence electrons. The number of nitrogens with one attached hydrogen (secondary N) is 1. The van der Waals surface area contributed by atoms with Crippen LogP contribution in [0.1, 0.15) is 36.9 Å². The van der Waals surface area contributed by atoms with E-state index in [0.29, 0.717) is 23.4 Å². The zero-order chi connectivity index (χ0) is 18.3. The number of anilines is 2. The summed E-state index contributed by atoms with van der Waals surface area (Å²) in [7, 11) is 1.78. The molecular weight excluding hydrogens is 352 g/mol. The molecule has 26 heavy (non-hydrogen) atoms. The molecule has 3 aromatic heterocycles. The minimum Gasteiger partial charge on any atom is -0.364 e. The number of hydrogen-bond donors (Lipinski definition) is 1. The molecule has 0 bridgehead atoms. The van der Waals surface area contributed by atoms with Gasteiger partial charge in [0.25, 0.3) is 0 Å². The van der Waals surface area contributed by atoms with Gasteiger partial charge in [-0.2, -0.15) is 0 Å². The van der Waals surface area contributed by atoms with Crippen LogP contribution in [0.4, 0.5) is 11.5 Å². The van der Waals surface area contributed by atoms with Gasteiger partial charge in [0.2, 0.25) is 5.91 Å². The van der Waals surface area contributed by atoms with Gasteiger partial charge in [-0.3, -0.25) is 4.79 Å². The van der Waals surface area contributed by atoms with Gasteiger partial charge in [0.15, 0.2) is 5.65 Å². The van der Waals surface area contributed by atoms with Crippen molar-refractivity contribution in [2.75, 3.05) is 17.3 Å². The lowest BCUT2D eigenvalue weighted by atomic mass is 10.1. The van der Waals surface area contributed by atoms with Gasteiger partial charge in [0.05, 0.1) is 17.9 Å². The summed E-state index contributed by atoms with van der Waals surface area (Å²) >= 11 is 5.88. The third kappa shape index (κ3) is 3.35. The van der Waals surface area contributed by atoms with Crippen LogP contribution in [0.2, 0.25) is 5.15 Å². The molecule has 4 rings (SSSR count). The smallest absolute Gasteiger partial charge is 0.223 e. The number of aromatic nitrogens is 4. The van der Waals surface area contributed by atoms with Crippen LogP contribution in [0, 0.1) is 0 Å². The Bertz CT molecular complexity index is 981. The summed E-state index contributed by atoms with van der Waals surface area (Å²) in [5.41, 5.74) is 3.70. The highest BCUT2D eigenvalue weighted by Crippen LogP contribution is 2.41. The first kappa shape index (κ1) is 16.8. The number of rotatable bonds is 5. The minimum absolute atomic E-state index is 0.0156. The van der Waals surface area contributed by atoms with Gasteiger partial charge in [0, 0.05) is 32.4 Å². The van der Waals surface area contributed by atoms with Gasteiger partial charge in [-0.1, -0.05) is 11.6 Å². The fourth-order valence-electron chi connectivity index (χ4n) is 2.91. The van der Waals surface area contributed by atoms with E-state index >= 15 is 0 Å². The lowest BCUT2D eigenvalue weighted by molar-refractivity contribution is -0.116. The van der Waals surface area contributed by atoms with E-state index in [-0.39, 0.29) is 5.91 Å². The Morgan fingerprint density at radius 1 is 1.35 bits per heavy atom. The Hall–Kier alpha value is -2.67. The van der Waals surface area contributed by atoms with Crippen LogP contribution in [-0.4, -0.2) is 32.3 Å². The van der Waals surface area contributed by atoms with Crippen molar-refractivity contribution in [2.24, 2.45) is 0 Å². The van der Waals surface area contributed by atoms with Crippen molar-refractivity contribution in [1.82, 2.24) is 19.4 Å². The average Bonchev–Trinajstić information content (AvgIpc) is 3.38. The van der Waals surface area contributed by atoms with E-state index in [4.69, 9.17) is 16.6 Å². The zero-order valence-electron chi connectivity index (χ0n) is 14.6. The molecule has 0 aliphatic heterocycles.